The number of hydrogen-bond donors (Lipinski definition) is 1. The summed E-state index contributed by atoms with van der Waals surface area (Å²) in [7, 11) is 0. The second kappa shape index (κ2) is 12.3. The van der Waals surface area contributed by atoms with Gasteiger partial charge in [0, 0.05) is 23.9 Å². The summed E-state index contributed by atoms with van der Waals surface area (Å²) < 4.78 is 14.2. The molecule has 4 nitrogen and oxygen atoms in total. The highest BCUT2D eigenvalue weighted by atomic mass is 35.5. The van der Waals surface area contributed by atoms with Crippen LogP contribution >= 0.6 is 35.0 Å². The van der Waals surface area contributed by atoms with E-state index in [1.165, 1.54) is 22.7 Å². The zero-order valence-electron chi connectivity index (χ0n) is 17.8. The van der Waals surface area contributed by atoms with Gasteiger partial charge in [0.1, 0.15) is 11.9 Å². The largest absolute Gasteiger partial charge is 0.352 e. The lowest BCUT2D eigenvalue weighted by molar-refractivity contribution is -0.139. The molecule has 2 aromatic carbocycles. The first-order valence-corrected chi connectivity index (χ1v) is 12.0. The van der Waals surface area contributed by atoms with Crippen LogP contribution in [-0.2, 0) is 21.9 Å². The molecule has 2 amide bonds. The molecule has 0 aliphatic heterocycles. The van der Waals surface area contributed by atoms with Crippen LogP contribution in [0.4, 0.5) is 4.39 Å². The molecule has 0 heterocycles. The molecule has 0 aromatic heterocycles. The molecule has 2 aromatic rings. The van der Waals surface area contributed by atoms with Crippen molar-refractivity contribution in [1.82, 2.24) is 10.2 Å². The van der Waals surface area contributed by atoms with Gasteiger partial charge < -0.3 is 10.2 Å². The molecule has 168 valence electrons. The van der Waals surface area contributed by atoms with Gasteiger partial charge in [-0.05, 0) is 44.0 Å². The summed E-state index contributed by atoms with van der Waals surface area (Å²) in [5, 5.41) is 3.83. The van der Waals surface area contributed by atoms with Crippen molar-refractivity contribution in [3.05, 3.63) is 69.5 Å². The molecule has 0 aliphatic carbocycles. The zero-order chi connectivity index (χ0) is 23.0. The Kier molecular flexibility index (Phi) is 10.1. The van der Waals surface area contributed by atoms with Crippen LogP contribution in [0.2, 0.25) is 10.0 Å². The molecule has 0 fully saturated rings. The van der Waals surface area contributed by atoms with Gasteiger partial charge in [-0.15, -0.1) is 11.8 Å². The maximum Gasteiger partial charge on any atom is 0.242 e. The summed E-state index contributed by atoms with van der Waals surface area (Å²) in [5.74, 6) is -0.189. The fourth-order valence-corrected chi connectivity index (χ4v) is 4.01. The molecule has 0 bridgehead atoms. The number of nitrogens with one attached hydrogen (secondary N) is 1. The highest BCUT2D eigenvalue weighted by Gasteiger charge is 2.27. The Morgan fingerprint density at radius 3 is 2.48 bits per heavy atom. The van der Waals surface area contributed by atoms with Crippen molar-refractivity contribution < 1.29 is 14.0 Å². The maximum atomic E-state index is 14.2. The Labute approximate surface area is 197 Å². The van der Waals surface area contributed by atoms with Crippen LogP contribution < -0.4 is 5.32 Å². The quantitative estimate of drug-likeness (QED) is 0.470. The fraction of sp³-hybridized carbons (Fsp3) is 0.391. The summed E-state index contributed by atoms with van der Waals surface area (Å²) in [6.45, 7) is 5.56. The third kappa shape index (κ3) is 7.70. The molecule has 0 saturated carbocycles. The smallest absolute Gasteiger partial charge is 0.242 e. The maximum absolute atomic E-state index is 14.2. The number of carbonyl (C=O) groups is 2. The summed E-state index contributed by atoms with van der Waals surface area (Å²) in [4.78, 5) is 27.1. The van der Waals surface area contributed by atoms with Gasteiger partial charge in [-0.3, -0.25) is 9.59 Å². The molecule has 2 rings (SSSR count). The van der Waals surface area contributed by atoms with Crippen molar-refractivity contribution in [1.29, 1.82) is 0 Å². The minimum Gasteiger partial charge on any atom is -0.352 e. The molecule has 8 heteroatoms. The lowest BCUT2D eigenvalue weighted by Crippen LogP contribution is -2.50. The van der Waals surface area contributed by atoms with E-state index < -0.39 is 11.9 Å². The average Bonchev–Trinajstić information content (AvgIpc) is 2.74. The SMILES string of the molecule is CCC(C)NC(=O)C(C)N(Cc1ccccc1F)C(=O)CSCc1ccc(Cl)c(Cl)c1. The molecular weight excluding hydrogens is 458 g/mol. The summed E-state index contributed by atoms with van der Waals surface area (Å²) >= 11 is 13.4. The van der Waals surface area contributed by atoms with Gasteiger partial charge in [-0.2, -0.15) is 0 Å². The summed E-state index contributed by atoms with van der Waals surface area (Å²) in [6, 6.07) is 10.9. The van der Waals surface area contributed by atoms with Crippen molar-refractivity contribution in [2.45, 2.75) is 51.6 Å². The monoisotopic (exact) mass is 484 g/mol. The fourth-order valence-electron chi connectivity index (χ4n) is 2.83. The number of halogens is 3. The lowest BCUT2D eigenvalue weighted by Gasteiger charge is -2.29. The van der Waals surface area contributed by atoms with Crippen LogP contribution in [0.1, 0.15) is 38.3 Å². The van der Waals surface area contributed by atoms with Crippen molar-refractivity contribution in [3.8, 4) is 0 Å². The highest BCUT2D eigenvalue weighted by molar-refractivity contribution is 7.99. The van der Waals surface area contributed by atoms with Crippen molar-refractivity contribution >= 4 is 46.8 Å². The zero-order valence-corrected chi connectivity index (χ0v) is 20.2. The topological polar surface area (TPSA) is 49.4 Å². The second-order valence-corrected chi connectivity index (χ2v) is 9.15. The normalized spacial score (nSPS) is 12.8. The van der Waals surface area contributed by atoms with Gasteiger partial charge in [0.15, 0.2) is 0 Å². The van der Waals surface area contributed by atoms with E-state index in [2.05, 4.69) is 5.32 Å². The predicted octanol–water partition coefficient (Wildman–Crippen LogP) is 5.70. The molecule has 0 aliphatic rings. The van der Waals surface area contributed by atoms with Crippen LogP contribution in [-0.4, -0.2) is 34.6 Å². The average molecular weight is 485 g/mol. The molecular formula is C23H27Cl2FN2O2S. The van der Waals surface area contributed by atoms with Gasteiger partial charge in [0.2, 0.25) is 11.8 Å². The predicted molar refractivity (Wildman–Crippen MR) is 127 cm³/mol. The first-order valence-electron chi connectivity index (χ1n) is 10.1. The van der Waals surface area contributed by atoms with Gasteiger partial charge in [0.25, 0.3) is 0 Å². The third-order valence-corrected chi connectivity index (χ3v) is 6.67. The van der Waals surface area contributed by atoms with E-state index >= 15 is 0 Å². The minimum absolute atomic E-state index is 0.00982. The van der Waals surface area contributed by atoms with E-state index in [0.717, 1.165) is 12.0 Å². The standard InChI is InChI=1S/C23H27Cl2FN2O2S/c1-4-15(2)27-23(30)16(3)28(12-18-7-5-6-8-21(18)26)22(29)14-31-13-17-9-10-19(24)20(25)11-17/h5-11,15-16H,4,12-14H2,1-3H3,(H,27,30). The Bertz CT molecular complexity index is 913. The van der Waals surface area contributed by atoms with E-state index in [1.54, 1.807) is 37.3 Å². The van der Waals surface area contributed by atoms with Gasteiger partial charge in [-0.25, -0.2) is 4.39 Å². The van der Waals surface area contributed by atoms with Gasteiger partial charge in [0.05, 0.1) is 15.8 Å². The second-order valence-electron chi connectivity index (χ2n) is 7.35. The van der Waals surface area contributed by atoms with Crippen LogP contribution in [0, 0.1) is 5.82 Å². The highest BCUT2D eigenvalue weighted by Crippen LogP contribution is 2.25. The minimum atomic E-state index is -0.730. The molecule has 0 spiro atoms. The van der Waals surface area contributed by atoms with Crippen molar-refractivity contribution in [3.63, 3.8) is 0 Å². The van der Waals surface area contributed by atoms with Crippen molar-refractivity contribution in [2.24, 2.45) is 0 Å². The van der Waals surface area contributed by atoms with Crippen LogP contribution in [0.25, 0.3) is 0 Å². The number of thioether (sulfide) groups is 1. The van der Waals surface area contributed by atoms with E-state index in [4.69, 9.17) is 23.2 Å². The van der Waals surface area contributed by atoms with E-state index in [0.29, 0.717) is 21.4 Å². The van der Waals surface area contributed by atoms with Crippen molar-refractivity contribution in [2.75, 3.05) is 5.75 Å². The molecule has 2 unspecified atom stereocenters. The Morgan fingerprint density at radius 2 is 1.84 bits per heavy atom. The lowest BCUT2D eigenvalue weighted by atomic mass is 10.1. The number of carbonyl (C=O) groups excluding carboxylic acids is 2. The number of nitrogens with zero attached hydrogens (tertiary/aromatic N) is 1. The summed E-state index contributed by atoms with van der Waals surface area (Å²) in [6.07, 6.45) is 0.777. The molecule has 0 radical (unpaired) electrons. The van der Waals surface area contributed by atoms with Gasteiger partial charge in [-0.1, -0.05) is 54.4 Å². The van der Waals surface area contributed by atoms with Crippen LogP contribution in [0.5, 0.6) is 0 Å². The van der Waals surface area contributed by atoms with E-state index in [1.807, 2.05) is 19.9 Å². The van der Waals surface area contributed by atoms with Gasteiger partial charge >= 0.3 is 0 Å². The first kappa shape index (κ1) is 25.5. The Hall–Kier alpha value is -1.76. The molecule has 31 heavy (non-hydrogen) atoms. The number of amides is 2. The molecule has 0 saturated heterocycles. The van der Waals surface area contributed by atoms with E-state index in [-0.39, 0.29) is 30.2 Å². The number of rotatable bonds is 10. The first-order chi connectivity index (χ1) is 14.7. The van der Waals surface area contributed by atoms with Crippen LogP contribution in [0.3, 0.4) is 0 Å². The molecule has 1 N–H and O–H groups in total. The Balaban J connectivity index is 2.10. The van der Waals surface area contributed by atoms with Crippen LogP contribution in [0.15, 0.2) is 42.5 Å². The molecule has 2 atom stereocenters. The Morgan fingerprint density at radius 1 is 1.13 bits per heavy atom. The van der Waals surface area contributed by atoms with E-state index in [9.17, 15) is 14.0 Å². The number of hydrogen-bond acceptors (Lipinski definition) is 3. The number of benzene rings is 2. The summed E-state index contributed by atoms with van der Waals surface area (Å²) in [5.41, 5.74) is 1.31. The third-order valence-electron chi connectivity index (χ3n) is 4.95.